The lowest BCUT2D eigenvalue weighted by Gasteiger charge is -2.24. The summed E-state index contributed by atoms with van der Waals surface area (Å²) in [5.74, 6) is -3.37. The minimum atomic E-state index is -0.780. The summed E-state index contributed by atoms with van der Waals surface area (Å²) in [6.07, 6.45) is 4.15. The highest BCUT2D eigenvalue weighted by molar-refractivity contribution is 5.86. The van der Waals surface area contributed by atoms with Gasteiger partial charge in [-0.3, -0.25) is 19.2 Å². The molecule has 0 aliphatic heterocycles. The lowest BCUT2D eigenvalue weighted by molar-refractivity contribution is -0.161. The number of esters is 2. The van der Waals surface area contributed by atoms with Crippen LogP contribution < -0.4 is 10.6 Å². The normalized spacial score (nSPS) is 13.8. The van der Waals surface area contributed by atoms with Gasteiger partial charge in [-0.1, -0.05) is 72.8 Å². The maximum absolute atomic E-state index is 13.5. The van der Waals surface area contributed by atoms with E-state index in [1.165, 1.54) is 0 Å². The second-order valence-electron chi connectivity index (χ2n) is 12.1. The Morgan fingerprint density at radius 2 is 1.33 bits per heavy atom. The van der Waals surface area contributed by atoms with Crippen LogP contribution in [0.5, 0.6) is 0 Å². The van der Waals surface area contributed by atoms with Crippen LogP contribution in [0.1, 0.15) is 57.6 Å². The Bertz CT molecular complexity index is 1240. The number of nitrogens with one attached hydrogen (secondary N) is 2. The average molecular weight is 621 g/mol. The molecule has 0 aliphatic carbocycles. The summed E-state index contributed by atoms with van der Waals surface area (Å²) in [4.78, 5) is 51.9. The number of carbonyl (C=O) groups is 4. The summed E-state index contributed by atoms with van der Waals surface area (Å²) in [6.45, 7) is 12.3. The van der Waals surface area contributed by atoms with Crippen LogP contribution in [0.4, 0.5) is 0 Å². The highest BCUT2D eigenvalue weighted by atomic mass is 16.6. The third-order valence-corrected chi connectivity index (χ3v) is 6.88. The molecule has 2 amide bonds. The van der Waals surface area contributed by atoms with E-state index in [9.17, 15) is 24.3 Å². The van der Waals surface area contributed by atoms with E-state index >= 15 is 0 Å². The predicted octanol–water partition coefficient (Wildman–Crippen LogP) is 4.48. The molecule has 0 bridgehead atoms. The minimum absolute atomic E-state index is 0.113. The van der Waals surface area contributed by atoms with Gasteiger partial charge in [0, 0.05) is 6.42 Å². The van der Waals surface area contributed by atoms with Crippen molar-refractivity contribution in [3.05, 3.63) is 97.1 Å². The van der Waals surface area contributed by atoms with Crippen LogP contribution in [0.25, 0.3) is 0 Å². The number of amides is 2. The van der Waals surface area contributed by atoms with Crippen LogP contribution in [0.3, 0.4) is 0 Å². The van der Waals surface area contributed by atoms with E-state index in [0.29, 0.717) is 12.8 Å². The fourth-order valence-corrected chi connectivity index (χ4v) is 4.77. The Labute approximate surface area is 267 Å². The first kappa shape index (κ1) is 36.9. The molecule has 9 heteroatoms. The van der Waals surface area contributed by atoms with E-state index in [2.05, 4.69) is 23.8 Å². The maximum Gasteiger partial charge on any atom is 0.309 e. The van der Waals surface area contributed by atoms with Crippen LogP contribution in [0.2, 0.25) is 0 Å². The van der Waals surface area contributed by atoms with Gasteiger partial charge < -0.3 is 25.2 Å². The molecule has 2 aromatic rings. The first-order chi connectivity index (χ1) is 21.4. The summed E-state index contributed by atoms with van der Waals surface area (Å²) in [5, 5.41) is 15.6. The summed E-state index contributed by atoms with van der Waals surface area (Å²) >= 11 is 0. The molecule has 2 rings (SSSR count). The smallest absolute Gasteiger partial charge is 0.309 e. The lowest BCUT2D eigenvalue weighted by Crippen LogP contribution is -2.45. The van der Waals surface area contributed by atoms with Crippen molar-refractivity contribution in [2.45, 2.75) is 77.0 Å². The van der Waals surface area contributed by atoms with Crippen molar-refractivity contribution in [3.8, 4) is 0 Å². The zero-order chi connectivity index (χ0) is 33.2. The molecule has 244 valence electrons. The average Bonchev–Trinajstić information content (AvgIpc) is 2.99. The molecule has 2 aromatic carbocycles. The summed E-state index contributed by atoms with van der Waals surface area (Å²) in [7, 11) is 0. The van der Waals surface area contributed by atoms with Crippen LogP contribution in [0.15, 0.2) is 86.0 Å². The summed E-state index contributed by atoms with van der Waals surface area (Å²) < 4.78 is 11.0. The van der Waals surface area contributed by atoms with Crippen molar-refractivity contribution in [3.63, 3.8) is 0 Å². The van der Waals surface area contributed by atoms with Crippen LogP contribution in [-0.4, -0.2) is 59.8 Å². The molecule has 0 saturated carbocycles. The van der Waals surface area contributed by atoms with Gasteiger partial charge in [-0.15, -0.1) is 13.2 Å². The van der Waals surface area contributed by atoms with E-state index in [1.807, 2.05) is 60.7 Å². The molecule has 0 radical (unpaired) electrons. The maximum atomic E-state index is 13.5. The number of hydrogen-bond acceptors (Lipinski definition) is 7. The first-order valence-corrected chi connectivity index (χ1v) is 15.3. The number of hydrogen-bond donors (Lipinski definition) is 3. The van der Waals surface area contributed by atoms with Gasteiger partial charge in [-0.05, 0) is 57.6 Å². The fourth-order valence-electron chi connectivity index (χ4n) is 4.77. The number of rotatable bonds is 19. The Morgan fingerprint density at radius 3 is 1.84 bits per heavy atom. The molecule has 0 spiro atoms. The van der Waals surface area contributed by atoms with Gasteiger partial charge in [0.25, 0.3) is 0 Å². The highest BCUT2D eigenvalue weighted by Gasteiger charge is 2.28. The van der Waals surface area contributed by atoms with E-state index in [1.54, 1.807) is 32.9 Å². The van der Waals surface area contributed by atoms with Crippen LogP contribution >= 0.6 is 0 Å². The zero-order valence-corrected chi connectivity index (χ0v) is 26.7. The van der Waals surface area contributed by atoms with Crippen molar-refractivity contribution < 1.29 is 33.8 Å². The second-order valence-corrected chi connectivity index (χ2v) is 12.1. The molecule has 0 fully saturated rings. The highest BCUT2D eigenvalue weighted by Crippen LogP contribution is 2.18. The fraction of sp³-hybridized carbons (Fsp3) is 0.444. The largest absolute Gasteiger partial charge is 0.463 e. The van der Waals surface area contributed by atoms with Gasteiger partial charge in [0.05, 0.1) is 36.9 Å². The molecule has 9 nitrogen and oxygen atoms in total. The van der Waals surface area contributed by atoms with Gasteiger partial charge >= 0.3 is 11.9 Å². The van der Waals surface area contributed by atoms with Gasteiger partial charge in [0.1, 0.15) is 12.2 Å². The van der Waals surface area contributed by atoms with Crippen molar-refractivity contribution >= 4 is 23.8 Å². The molecule has 0 saturated heterocycles. The minimum Gasteiger partial charge on any atom is -0.463 e. The van der Waals surface area contributed by atoms with Gasteiger partial charge in [0.15, 0.2) is 0 Å². The molecular weight excluding hydrogens is 572 g/mol. The summed E-state index contributed by atoms with van der Waals surface area (Å²) in [6, 6.07) is 17.8. The number of ether oxygens (including phenoxy) is 2. The van der Waals surface area contributed by atoms with Crippen molar-refractivity contribution in [2.75, 3.05) is 13.2 Å². The molecule has 0 heterocycles. The van der Waals surface area contributed by atoms with E-state index in [4.69, 9.17) is 9.47 Å². The molecule has 0 aliphatic rings. The number of aliphatic hydroxyl groups is 1. The summed E-state index contributed by atoms with van der Waals surface area (Å²) in [5.41, 5.74) is 1.20. The first-order valence-electron chi connectivity index (χ1n) is 15.3. The van der Waals surface area contributed by atoms with Crippen molar-refractivity contribution in [2.24, 2.45) is 11.8 Å². The lowest BCUT2D eigenvalue weighted by atomic mass is 9.97. The predicted molar refractivity (Wildman–Crippen MR) is 174 cm³/mol. The third-order valence-electron chi connectivity index (χ3n) is 6.88. The number of benzene rings is 2. The topological polar surface area (TPSA) is 131 Å². The zero-order valence-electron chi connectivity index (χ0n) is 26.7. The number of carbonyl (C=O) groups excluding carboxylic acids is 4. The van der Waals surface area contributed by atoms with Gasteiger partial charge in [-0.2, -0.15) is 0 Å². The Balaban J connectivity index is 2.09. The monoisotopic (exact) mass is 620 g/mol. The van der Waals surface area contributed by atoms with Crippen molar-refractivity contribution in [1.29, 1.82) is 0 Å². The molecular formula is C36H48N2O7. The Hall–Kier alpha value is -4.24. The van der Waals surface area contributed by atoms with Gasteiger partial charge in [0.2, 0.25) is 11.8 Å². The molecule has 0 unspecified atom stereocenters. The Kier molecular flexibility index (Phi) is 15.8. The van der Waals surface area contributed by atoms with E-state index < -0.39 is 41.5 Å². The molecule has 3 N–H and O–H groups in total. The SMILES string of the molecule is C=CC[C@@H](CC(=O)N[C@@H](CO)Cc1ccccc1)C(=O)N[C@H](COC(=O)[C@H](CC=C)CC(=O)OC(C)(C)C)Cc1ccccc1. The van der Waals surface area contributed by atoms with Crippen molar-refractivity contribution in [1.82, 2.24) is 10.6 Å². The quantitative estimate of drug-likeness (QED) is 0.156. The molecule has 45 heavy (non-hydrogen) atoms. The number of allylic oxidation sites excluding steroid dienone is 2. The Morgan fingerprint density at radius 1 is 0.800 bits per heavy atom. The standard InChI is InChI=1S/C36H48N2O7/c1-6-14-28(22-32(40)37-30(24-39)20-26-16-10-8-11-17-26)34(42)38-31(21-27-18-12-9-13-19-27)25-44-35(43)29(15-7-2)23-33(41)45-36(3,4)5/h6-13,16-19,28-31,39H,1-2,14-15,20-25H2,3-5H3,(H,37,40)(H,38,42)/t28-,29+,30+,31-/m0/s1. The van der Waals surface area contributed by atoms with Gasteiger partial charge in [-0.25, -0.2) is 0 Å². The molecule has 4 atom stereocenters. The number of aliphatic hydroxyl groups excluding tert-OH is 1. The van der Waals surface area contributed by atoms with E-state index in [-0.39, 0.29) is 50.7 Å². The van der Waals surface area contributed by atoms with Crippen LogP contribution in [-0.2, 0) is 41.5 Å². The van der Waals surface area contributed by atoms with Crippen LogP contribution in [0, 0.1) is 11.8 Å². The molecule has 0 aromatic heterocycles. The van der Waals surface area contributed by atoms with E-state index in [0.717, 1.165) is 11.1 Å². The third kappa shape index (κ3) is 14.9. The second kappa shape index (κ2) is 19.2.